The molecule has 1 aliphatic heterocycles. The van der Waals surface area contributed by atoms with Crippen molar-refractivity contribution in [1.29, 1.82) is 0 Å². The van der Waals surface area contributed by atoms with Gasteiger partial charge in [-0.15, -0.1) is 0 Å². The quantitative estimate of drug-likeness (QED) is 0.416. The number of hydrogen-bond donors (Lipinski definition) is 0. The molecule has 0 aromatic heterocycles. The summed E-state index contributed by atoms with van der Waals surface area (Å²) >= 11 is 0. The maximum Gasteiger partial charge on any atom is 0.204 e. The highest BCUT2D eigenvalue weighted by Gasteiger charge is 2.22. The summed E-state index contributed by atoms with van der Waals surface area (Å²) in [5, 5.41) is 0. The Hall–Kier alpha value is -2.14. The molecule has 0 N–H and O–H groups in total. The van der Waals surface area contributed by atoms with E-state index in [-0.39, 0.29) is 24.2 Å². The van der Waals surface area contributed by atoms with Crippen LogP contribution in [0.4, 0.5) is 8.78 Å². The zero-order valence-corrected chi connectivity index (χ0v) is 18.0. The van der Waals surface area contributed by atoms with Crippen LogP contribution in [0.15, 0.2) is 36.4 Å². The topological polar surface area (TPSA) is 27.7 Å². The second kappa shape index (κ2) is 11.3. The van der Waals surface area contributed by atoms with Gasteiger partial charge in [-0.2, -0.15) is 8.78 Å². The highest BCUT2D eigenvalue weighted by Crippen LogP contribution is 2.33. The lowest BCUT2D eigenvalue weighted by Crippen LogP contribution is -2.20. The molecular weight excluding hydrogens is 386 g/mol. The molecule has 2 atom stereocenters. The van der Waals surface area contributed by atoms with E-state index < -0.39 is 11.6 Å². The molecule has 1 heterocycles. The number of hydrogen-bond acceptors (Lipinski definition) is 3. The second-order valence-electron chi connectivity index (χ2n) is 7.98. The van der Waals surface area contributed by atoms with E-state index in [1.54, 1.807) is 0 Å². The van der Waals surface area contributed by atoms with Crippen LogP contribution in [0.1, 0.15) is 69.6 Å². The molecule has 0 spiro atoms. The maximum atomic E-state index is 14.2. The van der Waals surface area contributed by atoms with Crippen LogP contribution in [0.5, 0.6) is 11.5 Å². The molecule has 0 radical (unpaired) electrons. The number of rotatable bonds is 10. The Morgan fingerprint density at radius 1 is 0.900 bits per heavy atom. The number of ether oxygens (including phenoxy) is 3. The van der Waals surface area contributed by atoms with Crippen LogP contribution in [0.2, 0.25) is 0 Å². The van der Waals surface area contributed by atoms with Gasteiger partial charge in [0.2, 0.25) is 11.6 Å². The van der Waals surface area contributed by atoms with Crippen molar-refractivity contribution in [2.45, 2.75) is 65.1 Å². The number of halogens is 2. The predicted molar refractivity (Wildman–Crippen MR) is 114 cm³/mol. The fraction of sp³-hybridized carbons (Fsp3) is 0.520. The minimum Gasteiger partial charge on any atom is -0.490 e. The summed E-state index contributed by atoms with van der Waals surface area (Å²) in [5.41, 5.74) is 2.05. The Bertz CT molecular complexity index is 784. The van der Waals surface area contributed by atoms with Gasteiger partial charge in [-0.1, -0.05) is 51.0 Å². The lowest BCUT2D eigenvalue weighted by atomic mass is 9.91. The van der Waals surface area contributed by atoms with E-state index in [2.05, 4.69) is 6.92 Å². The molecule has 1 saturated heterocycles. The van der Waals surface area contributed by atoms with E-state index in [1.165, 1.54) is 37.8 Å². The molecule has 2 unspecified atom stereocenters. The third-order valence-electron chi connectivity index (χ3n) is 5.56. The normalized spacial score (nSPS) is 18.9. The van der Waals surface area contributed by atoms with Gasteiger partial charge < -0.3 is 14.2 Å². The molecule has 164 valence electrons. The maximum absolute atomic E-state index is 14.2. The molecule has 3 nitrogen and oxygen atoms in total. The Balaban J connectivity index is 1.52. The van der Waals surface area contributed by atoms with Crippen molar-refractivity contribution in [3.05, 3.63) is 59.2 Å². The molecule has 5 heteroatoms. The van der Waals surface area contributed by atoms with Crippen molar-refractivity contribution in [3.63, 3.8) is 0 Å². The van der Waals surface area contributed by atoms with Crippen molar-refractivity contribution in [2.24, 2.45) is 5.92 Å². The van der Waals surface area contributed by atoms with Crippen molar-refractivity contribution < 1.29 is 23.0 Å². The first-order chi connectivity index (χ1) is 14.6. The molecule has 0 bridgehead atoms. The minimum absolute atomic E-state index is 0.0875. The molecule has 1 fully saturated rings. The monoisotopic (exact) mass is 418 g/mol. The third-order valence-corrected chi connectivity index (χ3v) is 5.56. The molecule has 3 rings (SSSR count). The van der Waals surface area contributed by atoms with Crippen LogP contribution in [0.25, 0.3) is 0 Å². The fourth-order valence-electron chi connectivity index (χ4n) is 3.73. The van der Waals surface area contributed by atoms with Crippen LogP contribution in [0.3, 0.4) is 0 Å². The lowest BCUT2D eigenvalue weighted by molar-refractivity contribution is -0.0198. The summed E-state index contributed by atoms with van der Waals surface area (Å²) in [6.07, 6.45) is 6.87. The standard InChI is InChI=1S/C25H32F2O3/c1-3-5-6-18-9-12-21(29-16-18)20-10-7-19(8-11-20)17-30-23-14-13-22(28-15-4-2)24(26)25(23)27/h7-8,10-11,13-14,18,21H,3-6,9,12,15-17H2,1-2H3. The van der Waals surface area contributed by atoms with Gasteiger partial charge in [0, 0.05) is 0 Å². The Labute approximate surface area is 178 Å². The number of unbranched alkanes of at least 4 members (excludes halogenated alkanes) is 1. The van der Waals surface area contributed by atoms with Crippen molar-refractivity contribution >= 4 is 0 Å². The van der Waals surface area contributed by atoms with E-state index in [1.807, 2.05) is 31.2 Å². The van der Waals surface area contributed by atoms with E-state index >= 15 is 0 Å². The second-order valence-corrected chi connectivity index (χ2v) is 7.98. The van der Waals surface area contributed by atoms with Gasteiger partial charge in [0.05, 0.1) is 19.3 Å². The van der Waals surface area contributed by atoms with Gasteiger partial charge in [-0.05, 0) is 54.9 Å². The Morgan fingerprint density at radius 3 is 2.20 bits per heavy atom. The SMILES string of the molecule is CCCCC1CCC(c2ccc(COc3ccc(OCCC)c(F)c3F)cc2)OC1. The van der Waals surface area contributed by atoms with Gasteiger partial charge in [0.1, 0.15) is 6.61 Å². The van der Waals surface area contributed by atoms with Crippen molar-refractivity contribution in [3.8, 4) is 11.5 Å². The van der Waals surface area contributed by atoms with E-state index in [9.17, 15) is 8.78 Å². The van der Waals surface area contributed by atoms with Crippen LogP contribution in [-0.4, -0.2) is 13.2 Å². The molecule has 0 saturated carbocycles. The van der Waals surface area contributed by atoms with Gasteiger partial charge in [-0.3, -0.25) is 0 Å². The van der Waals surface area contributed by atoms with Crippen LogP contribution in [-0.2, 0) is 11.3 Å². The summed E-state index contributed by atoms with van der Waals surface area (Å²) in [4.78, 5) is 0. The van der Waals surface area contributed by atoms with Crippen molar-refractivity contribution in [2.75, 3.05) is 13.2 Å². The zero-order chi connectivity index (χ0) is 21.3. The summed E-state index contributed by atoms with van der Waals surface area (Å²) in [6, 6.07) is 10.8. The van der Waals surface area contributed by atoms with Gasteiger partial charge >= 0.3 is 0 Å². The lowest BCUT2D eigenvalue weighted by Gasteiger charge is -2.29. The first-order valence-corrected chi connectivity index (χ1v) is 11.1. The summed E-state index contributed by atoms with van der Waals surface area (Å²) in [6.45, 7) is 5.46. The van der Waals surface area contributed by atoms with Crippen LogP contribution < -0.4 is 9.47 Å². The Kier molecular flexibility index (Phi) is 8.50. The number of benzene rings is 2. The minimum atomic E-state index is -1.02. The van der Waals surface area contributed by atoms with E-state index in [0.29, 0.717) is 12.5 Å². The fourth-order valence-corrected chi connectivity index (χ4v) is 3.73. The summed E-state index contributed by atoms with van der Waals surface area (Å²) in [7, 11) is 0. The highest BCUT2D eigenvalue weighted by atomic mass is 19.2. The molecule has 0 amide bonds. The van der Waals surface area contributed by atoms with Gasteiger partial charge in [0.15, 0.2) is 11.5 Å². The first kappa shape index (κ1) is 22.5. The molecule has 1 aliphatic rings. The average Bonchev–Trinajstić information content (AvgIpc) is 2.79. The van der Waals surface area contributed by atoms with Crippen LogP contribution >= 0.6 is 0 Å². The molecule has 2 aromatic carbocycles. The van der Waals surface area contributed by atoms with E-state index in [4.69, 9.17) is 14.2 Å². The summed E-state index contributed by atoms with van der Waals surface area (Å²) in [5.74, 6) is -1.55. The molecule has 2 aromatic rings. The predicted octanol–water partition coefficient (Wildman–Crippen LogP) is 6.99. The average molecular weight is 419 g/mol. The molecule has 0 aliphatic carbocycles. The van der Waals surface area contributed by atoms with Crippen LogP contribution in [0, 0.1) is 17.6 Å². The largest absolute Gasteiger partial charge is 0.490 e. The Morgan fingerprint density at radius 2 is 1.60 bits per heavy atom. The first-order valence-electron chi connectivity index (χ1n) is 11.1. The van der Waals surface area contributed by atoms with Crippen molar-refractivity contribution in [1.82, 2.24) is 0 Å². The molecule has 30 heavy (non-hydrogen) atoms. The zero-order valence-electron chi connectivity index (χ0n) is 18.0. The van der Waals surface area contributed by atoms with E-state index in [0.717, 1.165) is 30.6 Å². The third kappa shape index (κ3) is 5.94. The van der Waals surface area contributed by atoms with Gasteiger partial charge in [0.25, 0.3) is 0 Å². The molecular formula is C25H32F2O3. The highest BCUT2D eigenvalue weighted by molar-refractivity contribution is 5.35. The smallest absolute Gasteiger partial charge is 0.204 e. The summed E-state index contributed by atoms with van der Waals surface area (Å²) < 4.78 is 45.1. The van der Waals surface area contributed by atoms with Gasteiger partial charge in [-0.25, -0.2) is 0 Å².